The number of hydrogen-bond acceptors (Lipinski definition) is 4. The van der Waals surface area contributed by atoms with Crippen LogP contribution in [0, 0.1) is 0 Å². The second-order valence-corrected chi connectivity index (χ2v) is 10.4. The van der Waals surface area contributed by atoms with Gasteiger partial charge >= 0.3 is 18.5 Å². The zero-order chi connectivity index (χ0) is 34.2. The summed E-state index contributed by atoms with van der Waals surface area (Å²) in [6.07, 6.45) is -14.6. The Balaban J connectivity index is 1.57. The van der Waals surface area contributed by atoms with Gasteiger partial charge in [-0.2, -0.15) is 39.5 Å². The summed E-state index contributed by atoms with van der Waals surface area (Å²) < 4.78 is 139. The minimum absolute atomic E-state index is 0.163. The first-order chi connectivity index (χ1) is 22.0. The molecule has 0 bridgehead atoms. The molecule has 0 saturated heterocycles. The molecule has 0 saturated carbocycles. The fraction of sp³-hybridized carbons (Fsp3) is 0.118. The maximum atomic E-state index is 15.4. The third kappa shape index (κ3) is 6.64. The normalized spacial score (nSPS) is 12.5. The summed E-state index contributed by atoms with van der Waals surface area (Å²) in [5.74, 6) is -1.56. The Morgan fingerprint density at radius 3 is 1.13 bits per heavy atom. The summed E-state index contributed by atoms with van der Waals surface area (Å²) >= 11 is 0. The molecule has 0 aliphatic rings. The Hall–Kier alpha value is -5.33. The zero-order valence-electron chi connectivity index (χ0n) is 23.8. The highest BCUT2D eigenvalue weighted by atomic mass is 19.4. The quantitative estimate of drug-likeness (QED) is 0.103. The number of anilines is 2. The SMILES string of the molecule is Nc1ccc(Oc2ccc(C(c3ccccc3)(c3ccc(Oc4ccc(N)cc4C(F)(F)F)cc3)C(F)(F)F)cc2)c(C(F)(F)F)c1. The summed E-state index contributed by atoms with van der Waals surface area (Å²) in [4.78, 5) is 0. The Kier molecular flexibility index (Phi) is 8.52. The van der Waals surface area contributed by atoms with Crippen LogP contribution in [-0.4, -0.2) is 6.18 Å². The van der Waals surface area contributed by atoms with Gasteiger partial charge in [0.15, 0.2) is 0 Å². The zero-order valence-corrected chi connectivity index (χ0v) is 23.8. The molecule has 0 aliphatic heterocycles. The molecule has 0 atom stereocenters. The second kappa shape index (κ2) is 12.1. The van der Waals surface area contributed by atoms with E-state index < -0.39 is 46.6 Å². The Morgan fingerprint density at radius 1 is 0.426 bits per heavy atom. The molecule has 0 spiro atoms. The van der Waals surface area contributed by atoms with E-state index in [1.807, 2.05) is 0 Å². The van der Waals surface area contributed by atoms with Crippen LogP contribution in [-0.2, 0) is 17.8 Å². The Bertz CT molecular complexity index is 1740. The Labute approximate surface area is 262 Å². The summed E-state index contributed by atoms with van der Waals surface area (Å²) in [5.41, 5.74) is 4.66. The van der Waals surface area contributed by atoms with Crippen molar-refractivity contribution in [3.63, 3.8) is 0 Å². The largest absolute Gasteiger partial charge is 0.457 e. The highest BCUT2D eigenvalue weighted by Gasteiger charge is 2.58. The highest BCUT2D eigenvalue weighted by molar-refractivity contribution is 5.56. The van der Waals surface area contributed by atoms with Gasteiger partial charge in [0.25, 0.3) is 0 Å². The second-order valence-electron chi connectivity index (χ2n) is 10.4. The van der Waals surface area contributed by atoms with Gasteiger partial charge in [-0.25, -0.2) is 0 Å². The predicted octanol–water partition coefficient (Wildman–Crippen LogP) is 10.4. The van der Waals surface area contributed by atoms with Crippen molar-refractivity contribution in [2.75, 3.05) is 11.5 Å². The van der Waals surface area contributed by atoms with Gasteiger partial charge in [0.1, 0.15) is 39.5 Å². The minimum atomic E-state index is -5.00. The molecule has 0 aromatic heterocycles. The molecular formula is C34H23F9N2O2. The van der Waals surface area contributed by atoms with Crippen molar-refractivity contribution in [3.8, 4) is 23.0 Å². The maximum absolute atomic E-state index is 15.4. The molecule has 13 heteroatoms. The van der Waals surface area contributed by atoms with Crippen LogP contribution in [0.1, 0.15) is 27.8 Å². The number of alkyl halides is 9. The van der Waals surface area contributed by atoms with Crippen LogP contribution >= 0.6 is 0 Å². The van der Waals surface area contributed by atoms with Gasteiger partial charge in [-0.3, -0.25) is 0 Å². The van der Waals surface area contributed by atoms with Crippen LogP contribution in [0.15, 0.2) is 115 Å². The monoisotopic (exact) mass is 662 g/mol. The number of benzene rings is 5. The standard InChI is InChI=1S/C34H23F9N2O2/c35-32(36,37)27-18-23(44)10-16-29(27)46-25-12-6-21(7-13-25)31(34(41,42)43,20-4-2-1-3-5-20)22-8-14-26(15-9-22)47-30-17-11-24(45)19-28(30)33(38,39)40/h1-19H,44-45H2. The first kappa shape index (κ1) is 33.0. The predicted molar refractivity (Wildman–Crippen MR) is 157 cm³/mol. The van der Waals surface area contributed by atoms with Crippen LogP contribution in [0.4, 0.5) is 50.9 Å². The molecule has 0 unspecified atom stereocenters. The van der Waals surface area contributed by atoms with Crippen LogP contribution < -0.4 is 20.9 Å². The van der Waals surface area contributed by atoms with Crippen molar-refractivity contribution in [1.29, 1.82) is 0 Å². The van der Waals surface area contributed by atoms with Crippen LogP contribution in [0.25, 0.3) is 0 Å². The van der Waals surface area contributed by atoms with Crippen molar-refractivity contribution in [2.45, 2.75) is 23.9 Å². The average Bonchev–Trinajstić information content (AvgIpc) is 3.00. The summed E-state index contributed by atoms with van der Waals surface area (Å²) in [6.45, 7) is 0. The van der Waals surface area contributed by atoms with E-state index in [9.17, 15) is 26.3 Å². The van der Waals surface area contributed by atoms with Crippen molar-refractivity contribution < 1.29 is 49.0 Å². The first-order valence-electron chi connectivity index (χ1n) is 13.6. The van der Waals surface area contributed by atoms with Crippen molar-refractivity contribution >= 4 is 11.4 Å². The van der Waals surface area contributed by atoms with Crippen molar-refractivity contribution in [3.05, 3.63) is 143 Å². The third-order valence-corrected chi connectivity index (χ3v) is 7.28. The van der Waals surface area contributed by atoms with Crippen LogP contribution in [0.3, 0.4) is 0 Å². The molecule has 5 aromatic rings. The molecule has 0 radical (unpaired) electrons. The molecule has 0 heterocycles. The molecule has 5 aromatic carbocycles. The Morgan fingerprint density at radius 2 is 0.787 bits per heavy atom. The molecule has 0 aliphatic carbocycles. The van der Waals surface area contributed by atoms with Crippen molar-refractivity contribution in [2.24, 2.45) is 0 Å². The van der Waals surface area contributed by atoms with Gasteiger partial charge in [-0.1, -0.05) is 54.6 Å². The number of halogens is 9. The maximum Gasteiger partial charge on any atom is 0.420 e. The van der Waals surface area contributed by atoms with Gasteiger partial charge in [0.2, 0.25) is 0 Å². The van der Waals surface area contributed by atoms with E-state index >= 15 is 13.2 Å². The van der Waals surface area contributed by atoms with E-state index in [0.717, 1.165) is 60.7 Å². The lowest BCUT2D eigenvalue weighted by Gasteiger charge is -2.37. The van der Waals surface area contributed by atoms with Crippen molar-refractivity contribution in [1.82, 2.24) is 0 Å². The van der Waals surface area contributed by atoms with Gasteiger partial charge < -0.3 is 20.9 Å². The lowest BCUT2D eigenvalue weighted by atomic mass is 9.69. The molecule has 4 N–H and O–H groups in total. The summed E-state index contributed by atoms with van der Waals surface area (Å²) in [6, 6.07) is 21.3. The lowest BCUT2D eigenvalue weighted by molar-refractivity contribution is -0.166. The fourth-order valence-corrected chi connectivity index (χ4v) is 5.20. The molecule has 47 heavy (non-hydrogen) atoms. The van der Waals surface area contributed by atoms with E-state index in [2.05, 4.69) is 0 Å². The lowest BCUT2D eigenvalue weighted by Crippen LogP contribution is -2.44. The van der Waals surface area contributed by atoms with Gasteiger partial charge in [-0.15, -0.1) is 0 Å². The van der Waals surface area contributed by atoms with Gasteiger partial charge in [-0.05, 0) is 77.4 Å². The number of ether oxygens (including phenoxy) is 2. The molecule has 0 fully saturated rings. The first-order valence-corrected chi connectivity index (χ1v) is 13.6. The van der Waals surface area contributed by atoms with Gasteiger partial charge in [0.05, 0.1) is 0 Å². The number of nitrogen functional groups attached to an aromatic ring is 2. The minimum Gasteiger partial charge on any atom is -0.457 e. The van der Waals surface area contributed by atoms with Gasteiger partial charge in [0, 0.05) is 11.4 Å². The average molecular weight is 663 g/mol. The number of hydrogen-bond donors (Lipinski definition) is 2. The third-order valence-electron chi connectivity index (χ3n) is 7.28. The highest BCUT2D eigenvalue weighted by Crippen LogP contribution is 2.52. The van der Waals surface area contributed by atoms with E-state index in [0.29, 0.717) is 12.1 Å². The molecular weight excluding hydrogens is 639 g/mol. The van der Waals surface area contributed by atoms with Crippen LogP contribution in [0.5, 0.6) is 23.0 Å². The number of nitrogens with two attached hydrogens (primary N) is 2. The number of rotatable bonds is 7. The van der Waals surface area contributed by atoms with E-state index in [1.54, 1.807) is 0 Å². The van der Waals surface area contributed by atoms with E-state index in [-0.39, 0.29) is 39.6 Å². The topological polar surface area (TPSA) is 70.5 Å². The molecule has 4 nitrogen and oxygen atoms in total. The molecule has 244 valence electrons. The van der Waals surface area contributed by atoms with E-state index in [1.165, 1.54) is 42.5 Å². The summed E-state index contributed by atoms with van der Waals surface area (Å²) in [7, 11) is 0. The fourth-order valence-electron chi connectivity index (χ4n) is 5.20. The summed E-state index contributed by atoms with van der Waals surface area (Å²) in [5, 5.41) is 0. The molecule has 5 rings (SSSR count). The smallest absolute Gasteiger partial charge is 0.420 e. The van der Waals surface area contributed by atoms with E-state index in [4.69, 9.17) is 20.9 Å². The van der Waals surface area contributed by atoms with Crippen LogP contribution in [0.2, 0.25) is 0 Å². The molecule has 0 amide bonds.